The van der Waals surface area contributed by atoms with Crippen LogP contribution < -0.4 is 0 Å². The predicted octanol–water partition coefficient (Wildman–Crippen LogP) is 1.07. The minimum Gasteiger partial charge on any atom is -0.481 e. The molecule has 98 valence electrons. The Morgan fingerprint density at radius 1 is 1.35 bits per heavy atom. The van der Waals surface area contributed by atoms with Crippen molar-refractivity contribution >= 4 is 11.9 Å². The van der Waals surface area contributed by atoms with Gasteiger partial charge in [0, 0.05) is 13.1 Å². The first-order valence-electron chi connectivity index (χ1n) is 4.86. The van der Waals surface area contributed by atoms with E-state index in [0.29, 0.717) is 4.90 Å². The van der Waals surface area contributed by atoms with Gasteiger partial charge >= 0.3 is 18.3 Å². The molecule has 1 aliphatic heterocycles. The summed E-state index contributed by atoms with van der Waals surface area (Å²) in [4.78, 5) is 22.3. The van der Waals surface area contributed by atoms with Crippen molar-refractivity contribution in [3.8, 4) is 0 Å². The van der Waals surface area contributed by atoms with Gasteiger partial charge in [-0.05, 0) is 5.92 Å². The van der Waals surface area contributed by atoms with Crippen molar-refractivity contribution in [3.05, 3.63) is 0 Å². The Balaban J connectivity index is 2.78. The third-order valence-corrected chi connectivity index (χ3v) is 2.78. The highest BCUT2D eigenvalue weighted by atomic mass is 19.3. The molecule has 1 rings (SSSR count). The van der Waals surface area contributed by atoms with Crippen LogP contribution in [0.4, 0.5) is 17.6 Å². The molecule has 0 spiro atoms. The minimum atomic E-state index is -4.76. The molecule has 0 aliphatic carbocycles. The lowest BCUT2D eigenvalue weighted by Crippen LogP contribution is -2.47. The Labute approximate surface area is 94.2 Å². The van der Waals surface area contributed by atoms with E-state index in [0.717, 1.165) is 0 Å². The first-order chi connectivity index (χ1) is 7.67. The summed E-state index contributed by atoms with van der Waals surface area (Å²) in [7, 11) is 0. The molecule has 0 saturated carbocycles. The molecule has 1 saturated heterocycles. The highest BCUT2D eigenvalue weighted by molar-refractivity contribution is 5.85. The zero-order valence-electron chi connectivity index (χ0n) is 8.87. The van der Waals surface area contributed by atoms with E-state index in [2.05, 4.69) is 0 Å². The number of carboxylic acids is 1. The number of nitrogens with zero attached hydrogens (tertiary/aromatic N) is 1. The Morgan fingerprint density at radius 2 is 1.88 bits per heavy atom. The Morgan fingerprint density at radius 3 is 2.24 bits per heavy atom. The highest BCUT2D eigenvalue weighted by Gasteiger charge is 2.53. The summed E-state index contributed by atoms with van der Waals surface area (Å²) < 4.78 is 49.4. The predicted molar refractivity (Wildman–Crippen MR) is 47.8 cm³/mol. The van der Waals surface area contributed by atoms with Crippen LogP contribution in [-0.2, 0) is 9.59 Å². The van der Waals surface area contributed by atoms with Gasteiger partial charge in [-0.25, -0.2) is 8.78 Å². The van der Waals surface area contributed by atoms with E-state index in [9.17, 15) is 27.2 Å². The molecule has 0 aromatic rings. The molecule has 1 fully saturated rings. The second-order valence-electron chi connectivity index (χ2n) is 4.06. The maximum Gasteiger partial charge on any atom is 0.383 e. The van der Waals surface area contributed by atoms with E-state index in [4.69, 9.17) is 5.11 Å². The molecule has 2 atom stereocenters. The Hall–Kier alpha value is -1.34. The number of hydrogen-bond acceptors (Lipinski definition) is 2. The number of carboxylic acid groups (broad SMARTS) is 1. The van der Waals surface area contributed by atoms with Gasteiger partial charge in [0.15, 0.2) is 0 Å². The van der Waals surface area contributed by atoms with Crippen LogP contribution in [0, 0.1) is 11.8 Å². The van der Waals surface area contributed by atoms with Crippen LogP contribution >= 0.6 is 0 Å². The molecular weight excluding hydrogens is 246 g/mol. The third kappa shape index (κ3) is 2.50. The molecule has 4 nitrogen and oxygen atoms in total. The van der Waals surface area contributed by atoms with Crippen molar-refractivity contribution in [3.63, 3.8) is 0 Å². The molecule has 17 heavy (non-hydrogen) atoms. The van der Waals surface area contributed by atoms with E-state index in [1.807, 2.05) is 0 Å². The molecule has 8 heteroatoms. The molecule has 1 amide bonds. The summed E-state index contributed by atoms with van der Waals surface area (Å²) in [6, 6.07) is 0. The van der Waals surface area contributed by atoms with Crippen LogP contribution in [0.1, 0.15) is 6.92 Å². The van der Waals surface area contributed by atoms with Crippen molar-refractivity contribution < 1.29 is 32.3 Å². The Bertz CT molecular complexity index is 334. The van der Waals surface area contributed by atoms with E-state index in [-0.39, 0.29) is 6.54 Å². The van der Waals surface area contributed by atoms with Gasteiger partial charge in [-0.3, -0.25) is 9.59 Å². The first kappa shape index (κ1) is 13.7. The quantitative estimate of drug-likeness (QED) is 0.769. The molecular formula is C9H11F4NO3. The standard InChI is InChI=1S/C9H11F4NO3/c1-4-2-14(3-5(4)6(15)16)8(17)9(12,13)7(10)11/h4-5,7H,2-3H2,1H3,(H,15,16)/t4-,5-/m1/s1. The Kier molecular flexibility index (Phi) is 3.63. The maximum atomic E-state index is 12.8. The van der Waals surface area contributed by atoms with Gasteiger partial charge in [-0.2, -0.15) is 8.78 Å². The van der Waals surface area contributed by atoms with Crippen LogP contribution in [0.5, 0.6) is 0 Å². The lowest BCUT2D eigenvalue weighted by Gasteiger charge is -2.22. The number of carbonyl (C=O) groups excluding carboxylic acids is 1. The number of aliphatic carboxylic acids is 1. The second kappa shape index (κ2) is 4.50. The molecule has 0 bridgehead atoms. The fraction of sp³-hybridized carbons (Fsp3) is 0.778. The molecule has 0 radical (unpaired) electrons. The second-order valence-corrected chi connectivity index (χ2v) is 4.06. The summed E-state index contributed by atoms with van der Waals surface area (Å²) in [6.07, 6.45) is -4.09. The van der Waals surface area contributed by atoms with Crippen LogP contribution in [0.3, 0.4) is 0 Å². The van der Waals surface area contributed by atoms with Crippen molar-refractivity contribution in [2.45, 2.75) is 19.3 Å². The largest absolute Gasteiger partial charge is 0.481 e. The van der Waals surface area contributed by atoms with E-state index < -0.39 is 42.6 Å². The fourth-order valence-electron chi connectivity index (χ4n) is 1.76. The number of amides is 1. The van der Waals surface area contributed by atoms with Crippen LogP contribution in [0.15, 0.2) is 0 Å². The molecule has 0 aromatic carbocycles. The average molecular weight is 257 g/mol. The first-order valence-corrected chi connectivity index (χ1v) is 4.86. The number of hydrogen-bond donors (Lipinski definition) is 1. The molecule has 1 heterocycles. The van der Waals surface area contributed by atoms with Crippen molar-refractivity contribution in [1.29, 1.82) is 0 Å². The van der Waals surface area contributed by atoms with Gasteiger partial charge in [-0.1, -0.05) is 6.92 Å². The number of halogens is 4. The molecule has 0 aromatic heterocycles. The van der Waals surface area contributed by atoms with Gasteiger partial charge in [-0.15, -0.1) is 0 Å². The normalized spacial score (nSPS) is 25.4. The van der Waals surface area contributed by atoms with E-state index in [1.165, 1.54) is 6.92 Å². The number of rotatable bonds is 3. The number of likely N-dealkylation sites (tertiary alicyclic amines) is 1. The van der Waals surface area contributed by atoms with Gasteiger partial charge in [0.1, 0.15) is 0 Å². The summed E-state index contributed by atoms with van der Waals surface area (Å²) in [5.41, 5.74) is 0. The van der Waals surface area contributed by atoms with Gasteiger partial charge in [0.2, 0.25) is 0 Å². The zero-order chi connectivity index (χ0) is 13.4. The van der Waals surface area contributed by atoms with E-state index >= 15 is 0 Å². The summed E-state index contributed by atoms with van der Waals surface area (Å²) in [6.45, 7) is 0.752. The molecule has 0 unspecified atom stereocenters. The molecule has 1 aliphatic rings. The number of alkyl halides is 4. The van der Waals surface area contributed by atoms with Crippen molar-refractivity contribution in [2.24, 2.45) is 11.8 Å². The van der Waals surface area contributed by atoms with Crippen LogP contribution in [-0.4, -0.2) is 47.3 Å². The monoisotopic (exact) mass is 257 g/mol. The molecule has 1 N–H and O–H groups in total. The number of carbonyl (C=O) groups is 2. The SMILES string of the molecule is C[C@@H]1CN(C(=O)C(F)(F)C(F)F)C[C@H]1C(=O)O. The smallest absolute Gasteiger partial charge is 0.383 e. The van der Waals surface area contributed by atoms with Crippen molar-refractivity contribution in [1.82, 2.24) is 4.90 Å². The highest BCUT2D eigenvalue weighted by Crippen LogP contribution is 2.30. The summed E-state index contributed by atoms with van der Waals surface area (Å²) >= 11 is 0. The third-order valence-electron chi connectivity index (χ3n) is 2.78. The van der Waals surface area contributed by atoms with Crippen molar-refractivity contribution in [2.75, 3.05) is 13.1 Å². The van der Waals surface area contributed by atoms with Crippen LogP contribution in [0.25, 0.3) is 0 Å². The van der Waals surface area contributed by atoms with Gasteiger partial charge in [0.05, 0.1) is 5.92 Å². The summed E-state index contributed by atoms with van der Waals surface area (Å²) in [5, 5.41) is 8.72. The zero-order valence-corrected chi connectivity index (χ0v) is 8.87. The average Bonchev–Trinajstić information content (AvgIpc) is 2.58. The topological polar surface area (TPSA) is 57.6 Å². The lowest BCUT2D eigenvalue weighted by atomic mass is 9.99. The minimum absolute atomic E-state index is 0.252. The fourth-order valence-corrected chi connectivity index (χ4v) is 1.76. The maximum absolute atomic E-state index is 12.8. The lowest BCUT2D eigenvalue weighted by molar-refractivity contribution is -0.179. The summed E-state index contributed by atoms with van der Waals surface area (Å²) in [5.74, 6) is -9.53. The van der Waals surface area contributed by atoms with Crippen LogP contribution in [0.2, 0.25) is 0 Å². The van der Waals surface area contributed by atoms with Gasteiger partial charge < -0.3 is 10.0 Å². The van der Waals surface area contributed by atoms with Gasteiger partial charge in [0.25, 0.3) is 5.91 Å². The van der Waals surface area contributed by atoms with E-state index in [1.54, 1.807) is 0 Å².